The number of carbonyl (C=O) groups is 3. The van der Waals surface area contributed by atoms with E-state index in [-0.39, 0.29) is 18.6 Å². The number of fused-ring (bicyclic) bond motifs is 1. The monoisotopic (exact) mass is 389 g/mol. The van der Waals surface area contributed by atoms with E-state index in [1.807, 2.05) is 0 Å². The number of hydrazine groups is 1. The van der Waals surface area contributed by atoms with Crippen molar-refractivity contribution < 1.29 is 23.9 Å². The molecular formula is C18H19N3O5S. The van der Waals surface area contributed by atoms with Gasteiger partial charge in [0.15, 0.2) is 11.5 Å². The van der Waals surface area contributed by atoms with Gasteiger partial charge in [0.1, 0.15) is 6.04 Å². The van der Waals surface area contributed by atoms with Gasteiger partial charge in [0.05, 0.1) is 4.88 Å². The lowest BCUT2D eigenvalue weighted by Crippen LogP contribution is -2.54. The second-order valence-electron chi connectivity index (χ2n) is 6.18. The Kier molecular flexibility index (Phi) is 5.60. The third-order valence-corrected chi connectivity index (χ3v) is 4.78. The quantitative estimate of drug-likeness (QED) is 0.675. The molecule has 3 amide bonds. The summed E-state index contributed by atoms with van der Waals surface area (Å²) in [6, 6.07) is 7.36. The molecule has 0 unspecified atom stereocenters. The number of amides is 3. The van der Waals surface area contributed by atoms with Crippen molar-refractivity contribution in [2.75, 3.05) is 6.79 Å². The van der Waals surface area contributed by atoms with Crippen molar-refractivity contribution in [2.45, 2.75) is 19.9 Å². The van der Waals surface area contributed by atoms with Gasteiger partial charge < -0.3 is 14.8 Å². The first kappa shape index (κ1) is 18.7. The van der Waals surface area contributed by atoms with Crippen molar-refractivity contribution >= 4 is 29.1 Å². The molecule has 9 heteroatoms. The molecule has 8 nitrogen and oxygen atoms in total. The van der Waals surface area contributed by atoms with E-state index in [1.54, 1.807) is 43.5 Å². The van der Waals surface area contributed by atoms with E-state index < -0.39 is 17.9 Å². The highest BCUT2D eigenvalue weighted by molar-refractivity contribution is 7.12. The van der Waals surface area contributed by atoms with Crippen LogP contribution in [0.2, 0.25) is 0 Å². The molecule has 1 aliphatic rings. The number of rotatable bonds is 5. The van der Waals surface area contributed by atoms with Crippen LogP contribution in [0, 0.1) is 5.92 Å². The van der Waals surface area contributed by atoms with Crippen LogP contribution in [0.3, 0.4) is 0 Å². The summed E-state index contributed by atoms with van der Waals surface area (Å²) < 4.78 is 10.4. The van der Waals surface area contributed by atoms with Gasteiger partial charge in [0.25, 0.3) is 17.7 Å². The number of nitrogens with one attached hydrogen (secondary N) is 3. The molecule has 1 aromatic carbocycles. The van der Waals surface area contributed by atoms with Crippen molar-refractivity contribution in [3.8, 4) is 11.5 Å². The summed E-state index contributed by atoms with van der Waals surface area (Å²) in [5.41, 5.74) is 5.02. The fourth-order valence-corrected chi connectivity index (χ4v) is 3.09. The summed E-state index contributed by atoms with van der Waals surface area (Å²) in [4.78, 5) is 37.4. The minimum Gasteiger partial charge on any atom is -0.454 e. The lowest BCUT2D eigenvalue weighted by atomic mass is 10.0. The van der Waals surface area contributed by atoms with Crippen molar-refractivity contribution in [1.29, 1.82) is 0 Å². The standard InChI is InChI=1S/C18H19N3O5S/c1-10(2)15(19-17(23)14-4-3-7-27-14)18(24)21-20-16(22)11-5-6-12-13(8-11)26-9-25-12/h3-8,10,15H,9H2,1-2H3,(H,19,23)(H,20,22)(H,21,24)/t15-/m1/s1. The molecular weight excluding hydrogens is 370 g/mol. The highest BCUT2D eigenvalue weighted by Crippen LogP contribution is 2.32. The smallest absolute Gasteiger partial charge is 0.269 e. The maximum absolute atomic E-state index is 12.4. The summed E-state index contributed by atoms with van der Waals surface area (Å²) >= 11 is 1.29. The van der Waals surface area contributed by atoms with Crippen LogP contribution in [0.5, 0.6) is 11.5 Å². The van der Waals surface area contributed by atoms with Gasteiger partial charge in [-0.2, -0.15) is 0 Å². The second kappa shape index (κ2) is 8.09. The highest BCUT2D eigenvalue weighted by Gasteiger charge is 2.25. The first-order valence-electron chi connectivity index (χ1n) is 8.30. The predicted octanol–water partition coefficient (Wildman–Crippen LogP) is 1.69. The number of hydrogen-bond acceptors (Lipinski definition) is 6. The molecule has 1 aliphatic heterocycles. The molecule has 0 bridgehead atoms. The van der Waals surface area contributed by atoms with Crippen molar-refractivity contribution in [2.24, 2.45) is 5.92 Å². The molecule has 3 rings (SSSR count). The maximum atomic E-state index is 12.4. The average Bonchev–Trinajstić information content (AvgIpc) is 3.34. The molecule has 0 saturated carbocycles. The van der Waals surface area contributed by atoms with Crippen LogP contribution in [0.25, 0.3) is 0 Å². The van der Waals surface area contributed by atoms with E-state index in [1.165, 1.54) is 17.4 Å². The molecule has 2 aromatic rings. The molecule has 142 valence electrons. The normalized spacial score (nSPS) is 13.1. The SMILES string of the molecule is CC(C)[C@@H](NC(=O)c1cccs1)C(=O)NNC(=O)c1ccc2c(c1)OCO2. The number of thiophene rings is 1. The first-order valence-corrected chi connectivity index (χ1v) is 9.18. The predicted molar refractivity (Wildman–Crippen MR) is 98.6 cm³/mol. The highest BCUT2D eigenvalue weighted by atomic mass is 32.1. The molecule has 0 radical (unpaired) electrons. The Morgan fingerprint density at radius 3 is 2.52 bits per heavy atom. The van der Waals surface area contributed by atoms with Gasteiger partial charge in [-0.3, -0.25) is 25.2 Å². The van der Waals surface area contributed by atoms with Gasteiger partial charge in [-0.05, 0) is 35.6 Å². The van der Waals surface area contributed by atoms with Gasteiger partial charge in [-0.15, -0.1) is 11.3 Å². The van der Waals surface area contributed by atoms with Crippen LogP contribution < -0.4 is 25.6 Å². The topological polar surface area (TPSA) is 106 Å². The molecule has 3 N–H and O–H groups in total. The van der Waals surface area contributed by atoms with Crippen LogP contribution in [0.4, 0.5) is 0 Å². The van der Waals surface area contributed by atoms with Crippen molar-refractivity contribution in [3.05, 3.63) is 46.2 Å². The van der Waals surface area contributed by atoms with Crippen LogP contribution in [0.15, 0.2) is 35.7 Å². The molecule has 0 aliphatic carbocycles. The second-order valence-corrected chi connectivity index (χ2v) is 7.13. The number of hydrogen-bond donors (Lipinski definition) is 3. The Hall–Kier alpha value is -3.07. The summed E-state index contributed by atoms with van der Waals surface area (Å²) in [5.74, 6) is -0.487. The van der Waals surface area contributed by atoms with Gasteiger partial charge >= 0.3 is 0 Å². The van der Waals surface area contributed by atoms with E-state index >= 15 is 0 Å². The molecule has 2 heterocycles. The van der Waals surface area contributed by atoms with Crippen molar-refractivity contribution in [1.82, 2.24) is 16.2 Å². The van der Waals surface area contributed by atoms with E-state index in [0.29, 0.717) is 21.9 Å². The van der Waals surface area contributed by atoms with E-state index in [2.05, 4.69) is 16.2 Å². The van der Waals surface area contributed by atoms with Crippen LogP contribution in [-0.2, 0) is 4.79 Å². The third kappa shape index (κ3) is 4.37. The molecule has 1 aromatic heterocycles. The van der Waals surface area contributed by atoms with Gasteiger partial charge in [-0.25, -0.2) is 0 Å². The molecule has 0 saturated heterocycles. The number of ether oxygens (including phenoxy) is 2. The van der Waals surface area contributed by atoms with E-state index in [9.17, 15) is 14.4 Å². The van der Waals surface area contributed by atoms with Crippen LogP contribution >= 0.6 is 11.3 Å². The number of benzene rings is 1. The Morgan fingerprint density at radius 1 is 1.04 bits per heavy atom. The lowest BCUT2D eigenvalue weighted by Gasteiger charge is -2.21. The Labute approximate surface area is 159 Å². The molecule has 1 atom stereocenters. The summed E-state index contributed by atoms with van der Waals surface area (Å²) in [6.45, 7) is 3.72. The zero-order valence-corrected chi connectivity index (χ0v) is 15.6. The minimum absolute atomic E-state index is 0.108. The van der Waals surface area contributed by atoms with Gasteiger partial charge in [-0.1, -0.05) is 19.9 Å². The van der Waals surface area contributed by atoms with Crippen LogP contribution in [-0.4, -0.2) is 30.6 Å². The average molecular weight is 389 g/mol. The van der Waals surface area contributed by atoms with Gasteiger partial charge in [0, 0.05) is 5.56 Å². The maximum Gasteiger partial charge on any atom is 0.269 e. The van der Waals surface area contributed by atoms with Crippen molar-refractivity contribution in [3.63, 3.8) is 0 Å². The zero-order chi connectivity index (χ0) is 19.4. The Bertz CT molecular complexity index is 851. The summed E-state index contributed by atoms with van der Waals surface area (Å²) in [7, 11) is 0. The Morgan fingerprint density at radius 2 is 1.81 bits per heavy atom. The van der Waals surface area contributed by atoms with Gasteiger partial charge in [0.2, 0.25) is 6.79 Å². The fourth-order valence-electron chi connectivity index (χ4n) is 2.46. The van der Waals surface area contributed by atoms with E-state index in [0.717, 1.165) is 0 Å². The minimum atomic E-state index is -0.795. The summed E-state index contributed by atoms with van der Waals surface area (Å²) in [6.07, 6.45) is 0. The Balaban J connectivity index is 1.59. The third-order valence-electron chi connectivity index (χ3n) is 3.91. The summed E-state index contributed by atoms with van der Waals surface area (Å²) in [5, 5.41) is 4.47. The molecule has 27 heavy (non-hydrogen) atoms. The van der Waals surface area contributed by atoms with Crippen LogP contribution in [0.1, 0.15) is 33.9 Å². The fraction of sp³-hybridized carbons (Fsp3) is 0.278. The number of carbonyl (C=O) groups excluding carboxylic acids is 3. The van der Waals surface area contributed by atoms with E-state index in [4.69, 9.17) is 9.47 Å². The largest absolute Gasteiger partial charge is 0.454 e. The lowest BCUT2D eigenvalue weighted by molar-refractivity contribution is -0.124. The first-order chi connectivity index (χ1) is 13.0. The zero-order valence-electron chi connectivity index (χ0n) is 14.8. The molecule has 0 spiro atoms. The molecule has 0 fully saturated rings.